The first-order chi connectivity index (χ1) is 12.2. The van der Waals surface area contributed by atoms with Crippen LogP contribution in [-0.4, -0.2) is 42.3 Å². The summed E-state index contributed by atoms with van der Waals surface area (Å²) in [5.74, 6) is 0.801. The van der Waals surface area contributed by atoms with Gasteiger partial charge in [-0.25, -0.2) is 14.4 Å². The van der Waals surface area contributed by atoms with Crippen molar-refractivity contribution in [2.45, 2.75) is 51.6 Å². The Kier molecular flexibility index (Phi) is 4.84. The zero-order chi connectivity index (χ0) is 17.2. The van der Waals surface area contributed by atoms with Gasteiger partial charge in [-0.3, -0.25) is 0 Å². The largest absolute Gasteiger partial charge is 0.341 e. The van der Waals surface area contributed by atoms with Crippen LogP contribution in [0.4, 0.5) is 10.3 Å². The molecule has 4 nitrogen and oxygen atoms in total. The molecule has 0 aromatic carbocycles. The number of alkyl halides is 1. The molecule has 2 aliphatic heterocycles. The van der Waals surface area contributed by atoms with Gasteiger partial charge in [0.05, 0.1) is 11.4 Å². The summed E-state index contributed by atoms with van der Waals surface area (Å²) < 4.78 is 13.5. The van der Waals surface area contributed by atoms with Crippen LogP contribution in [0.1, 0.15) is 49.6 Å². The van der Waals surface area contributed by atoms with Gasteiger partial charge < -0.3 is 10.2 Å². The zero-order valence-electron chi connectivity index (χ0n) is 15.0. The molecule has 4 rings (SSSR count). The van der Waals surface area contributed by atoms with E-state index in [-0.39, 0.29) is 0 Å². The van der Waals surface area contributed by atoms with Crippen LogP contribution in [0.15, 0.2) is 17.7 Å². The third-order valence-electron chi connectivity index (χ3n) is 5.54. The van der Waals surface area contributed by atoms with Gasteiger partial charge in [0, 0.05) is 31.6 Å². The van der Waals surface area contributed by atoms with E-state index in [1.165, 1.54) is 22.4 Å². The molecule has 0 bridgehead atoms. The molecule has 25 heavy (non-hydrogen) atoms. The predicted molar refractivity (Wildman–Crippen MR) is 99.6 cm³/mol. The van der Waals surface area contributed by atoms with Crippen LogP contribution >= 0.6 is 0 Å². The van der Waals surface area contributed by atoms with Crippen molar-refractivity contribution in [2.24, 2.45) is 0 Å². The Hall–Kier alpha value is -1.75. The fourth-order valence-electron chi connectivity index (χ4n) is 3.93. The number of fused-ring (bicyclic) bond motifs is 1. The first kappa shape index (κ1) is 16.7. The van der Waals surface area contributed by atoms with E-state index in [1.54, 1.807) is 0 Å². The molecule has 3 heterocycles. The van der Waals surface area contributed by atoms with Gasteiger partial charge in [-0.15, -0.1) is 0 Å². The predicted octanol–water partition coefficient (Wildman–Crippen LogP) is 3.23. The lowest BCUT2D eigenvalue weighted by Gasteiger charge is -2.30. The van der Waals surface area contributed by atoms with Crippen LogP contribution < -0.4 is 10.2 Å². The maximum atomic E-state index is 13.5. The molecular formula is C20H27FN4. The van der Waals surface area contributed by atoms with Crippen LogP contribution in [0, 0.1) is 0 Å². The van der Waals surface area contributed by atoms with E-state index in [1.807, 2.05) is 0 Å². The molecule has 134 valence electrons. The summed E-state index contributed by atoms with van der Waals surface area (Å²) >= 11 is 0. The van der Waals surface area contributed by atoms with E-state index in [0.29, 0.717) is 12.8 Å². The highest BCUT2D eigenvalue weighted by atomic mass is 19.1. The summed E-state index contributed by atoms with van der Waals surface area (Å²) in [6, 6.07) is 0. The number of aromatic nitrogens is 2. The van der Waals surface area contributed by atoms with Crippen molar-refractivity contribution in [2.75, 3.05) is 31.1 Å². The number of halogens is 1. The Morgan fingerprint density at radius 3 is 2.60 bits per heavy atom. The number of hydrogen-bond acceptors (Lipinski definition) is 4. The second kappa shape index (κ2) is 7.24. The van der Waals surface area contributed by atoms with Gasteiger partial charge >= 0.3 is 0 Å². The Labute approximate surface area is 149 Å². The van der Waals surface area contributed by atoms with E-state index in [0.717, 1.165) is 63.5 Å². The summed E-state index contributed by atoms with van der Waals surface area (Å²) in [5.41, 5.74) is 6.38. The highest BCUT2D eigenvalue weighted by Gasteiger charge is 2.25. The minimum atomic E-state index is -0.671. The highest BCUT2D eigenvalue weighted by Crippen LogP contribution is 2.31. The Bertz CT molecular complexity index is 702. The van der Waals surface area contributed by atoms with Crippen LogP contribution in [0.2, 0.25) is 0 Å². The molecule has 0 unspecified atom stereocenters. The van der Waals surface area contributed by atoms with Crippen LogP contribution in [0.5, 0.6) is 0 Å². The molecule has 1 saturated heterocycles. The maximum Gasteiger partial charge on any atom is 0.226 e. The smallest absolute Gasteiger partial charge is 0.226 e. The number of nitrogens with one attached hydrogen (secondary N) is 1. The molecule has 1 aliphatic carbocycles. The minimum absolute atomic E-state index is 0.585. The second-order valence-corrected chi connectivity index (χ2v) is 7.41. The van der Waals surface area contributed by atoms with Crippen molar-refractivity contribution in [3.63, 3.8) is 0 Å². The molecule has 0 spiro atoms. The van der Waals surface area contributed by atoms with Gasteiger partial charge in [-0.05, 0) is 51.1 Å². The van der Waals surface area contributed by atoms with Crippen molar-refractivity contribution < 1.29 is 4.39 Å². The number of piperidine rings is 1. The lowest BCUT2D eigenvalue weighted by atomic mass is 9.93. The average Bonchev–Trinajstić information content (AvgIpc) is 2.88. The quantitative estimate of drug-likeness (QED) is 0.896. The number of rotatable bonds is 2. The molecule has 1 fully saturated rings. The zero-order valence-corrected chi connectivity index (χ0v) is 15.0. The van der Waals surface area contributed by atoms with E-state index >= 15 is 0 Å². The van der Waals surface area contributed by atoms with Gasteiger partial charge in [0.15, 0.2) is 0 Å². The van der Waals surface area contributed by atoms with Gasteiger partial charge in [0.1, 0.15) is 6.17 Å². The van der Waals surface area contributed by atoms with Crippen molar-refractivity contribution in [3.05, 3.63) is 34.7 Å². The summed E-state index contributed by atoms with van der Waals surface area (Å²) in [5, 5.41) is 3.47. The summed E-state index contributed by atoms with van der Waals surface area (Å²) in [6.07, 6.45) is 9.03. The highest BCUT2D eigenvalue weighted by molar-refractivity contribution is 5.70. The molecule has 0 radical (unpaired) electrons. The van der Waals surface area contributed by atoms with E-state index in [4.69, 9.17) is 9.97 Å². The third kappa shape index (κ3) is 3.61. The maximum absolute atomic E-state index is 13.5. The summed E-state index contributed by atoms with van der Waals surface area (Å²) in [7, 11) is 0. The van der Waals surface area contributed by atoms with Gasteiger partial charge in [0.2, 0.25) is 5.95 Å². The van der Waals surface area contributed by atoms with E-state index < -0.39 is 6.17 Å². The topological polar surface area (TPSA) is 41.1 Å². The second-order valence-electron chi connectivity index (χ2n) is 7.41. The molecule has 0 saturated carbocycles. The van der Waals surface area contributed by atoms with Crippen LogP contribution in [0.3, 0.4) is 0 Å². The van der Waals surface area contributed by atoms with Gasteiger partial charge in [-0.2, -0.15) is 0 Å². The molecule has 0 atom stereocenters. The number of allylic oxidation sites excluding steroid dienone is 4. The average molecular weight is 342 g/mol. The molecule has 1 N–H and O–H groups in total. The summed E-state index contributed by atoms with van der Waals surface area (Å²) in [4.78, 5) is 12.1. The molecule has 1 aromatic heterocycles. The first-order valence-electron chi connectivity index (χ1n) is 9.57. The molecule has 5 heteroatoms. The standard InChI is InChI=1S/C20H27FN4/c1-14-2-4-15(5-3-14)19-17-6-10-22-11-7-18(17)23-20(24-19)25-12-8-16(21)9-13-25/h2,4,16,22H,3,5-13H2,1H3. The van der Waals surface area contributed by atoms with Crippen molar-refractivity contribution in [1.82, 2.24) is 15.3 Å². The molecule has 1 aromatic rings. The monoisotopic (exact) mass is 342 g/mol. The SMILES string of the molecule is CC1=CC=C(c2nc(N3CCC(F)CC3)nc3c2CCNCC3)CC1. The van der Waals surface area contributed by atoms with E-state index in [2.05, 4.69) is 29.3 Å². The van der Waals surface area contributed by atoms with Gasteiger partial charge in [0.25, 0.3) is 0 Å². The Morgan fingerprint density at radius 1 is 1.04 bits per heavy atom. The minimum Gasteiger partial charge on any atom is -0.341 e. The first-order valence-corrected chi connectivity index (χ1v) is 9.57. The fourth-order valence-corrected chi connectivity index (χ4v) is 3.93. The van der Waals surface area contributed by atoms with E-state index in [9.17, 15) is 4.39 Å². The summed E-state index contributed by atoms with van der Waals surface area (Å²) in [6.45, 7) is 5.57. The van der Waals surface area contributed by atoms with Gasteiger partial charge in [-0.1, -0.05) is 17.7 Å². The fraction of sp³-hybridized carbons (Fsp3) is 0.600. The van der Waals surface area contributed by atoms with Crippen LogP contribution in [-0.2, 0) is 12.8 Å². The van der Waals surface area contributed by atoms with Crippen LogP contribution in [0.25, 0.3) is 5.57 Å². The Balaban J connectivity index is 1.74. The number of hydrogen-bond donors (Lipinski definition) is 1. The van der Waals surface area contributed by atoms with Crippen molar-refractivity contribution >= 4 is 11.5 Å². The molecular weight excluding hydrogens is 315 g/mol. The third-order valence-corrected chi connectivity index (χ3v) is 5.54. The van der Waals surface area contributed by atoms with Crippen molar-refractivity contribution in [3.8, 4) is 0 Å². The normalized spacial score (nSPS) is 22.1. The lowest BCUT2D eigenvalue weighted by molar-refractivity contribution is 0.276. The Morgan fingerprint density at radius 2 is 1.84 bits per heavy atom. The molecule has 3 aliphatic rings. The number of nitrogens with zero attached hydrogens (tertiary/aromatic N) is 3. The lowest BCUT2D eigenvalue weighted by Crippen LogP contribution is -2.36. The van der Waals surface area contributed by atoms with Crippen molar-refractivity contribution in [1.29, 1.82) is 0 Å². The molecule has 0 amide bonds. The number of anilines is 1.